The summed E-state index contributed by atoms with van der Waals surface area (Å²) in [6.45, 7) is 1.22. The number of carbonyl (C=O) groups is 1. The van der Waals surface area contributed by atoms with Crippen LogP contribution in [0.4, 0.5) is 11.5 Å². The molecule has 0 aliphatic heterocycles. The maximum absolute atomic E-state index is 12.6. The summed E-state index contributed by atoms with van der Waals surface area (Å²) < 4.78 is 2.22. The number of para-hydroxylation sites is 1. The molecule has 0 unspecified atom stereocenters. The number of nitro groups is 1. The second-order valence-electron chi connectivity index (χ2n) is 6.77. The quantitative estimate of drug-likeness (QED) is 0.371. The highest BCUT2D eigenvalue weighted by Gasteiger charge is 2.15. The minimum atomic E-state index is -0.695. The molecule has 2 N–H and O–H groups in total. The Morgan fingerprint density at radius 2 is 1.87 bits per heavy atom. The van der Waals surface area contributed by atoms with Gasteiger partial charge in [-0.05, 0) is 31.2 Å². The number of hydrogen-bond donors (Lipinski definition) is 2. The summed E-state index contributed by atoms with van der Waals surface area (Å²) in [6.07, 6.45) is 0. The van der Waals surface area contributed by atoms with Crippen LogP contribution in [0.25, 0.3) is 16.6 Å². The molecule has 4 aromatic rings. The number of benzene rings is 2. The molecule has 11 heteroatoms. The molecule has 4 rings (SSSR count). The van der Waals surface area contributed by atoms with Gasteiger partial charge in [0.25, 0.3) is 11.2 Å². The van der Waals surface area contributed by atoms with E-state index in [-0.39, 0.29) is 5.69 Å². The number of nitro benzene ring substituents is 1. The number of amides is 1. The second-order valence-corrected chi connectivity index (χ2v) is 6.77. The second kappa shape index (κ2) is 7.71. The fourth-order valence-corrected chi connectivity index (χ4v) is 3.17. The Kier molecular flexibility index (Phi) is 4.91. The molecule has 0 aliphatic rings. The van der Waals surface area contributed by atoms with Gasteiger partial charge in [-0.1, -0.05) is 12.1 Å². The van der Waals surface area contributed by atoms with Crippen LogP contribution in [0.1, 0.15) is 5.69 Å². The van der Waals surface area contributed by atoms with Crippen LogP contribution in [0.2, 0.25) is 0 Å². The van der Waals surface area contributed by atoms with E-state index in [9.17, 15) is 24.5 Å². The van der Waals surface area contributed by atoms with Crippen LogP contribution < -0.4 is 16.6 Å². The van der Waals surface area contributed by atoms with E-state index in [0.717, 1.165) is 4.57 Å². The first-order valence-electron chi connectivity index (χ1n) is 9.17. The molecule has 0 atom stereocenters. The van der Waals surface area contributed by atoms with E-state index < -0.39 is 28.6 Å². The summed E-state index contributed by atoms with van der Waals surface area (Å²) in [5.41, 5.74) is 0.131. The van der Waals surface area contributed by atoms with Crippen molar-refractivity contribution in [2.45, 2.75) is 13.5 Å². The lowest BCUT2D eigenvalue weighted by atomic mass is 10.2. The molecular weight excluding hydrogens is 404 g/mol. The van der Waals surface area contributed by atoms with Crippen LogP contribution in [0.15, 0.2) is 64.2 Å². The van der Waals surface area contributed by atoms with Gasteiger partial charge in [-0.15, -0.1) is 0 Å². The fraction of sp³-hybridized carbons (Fsp3) is 0.100. The van der Waals surface area contributed by atoms with Crippen molar-refractivity contribution in [1.29, 1.82) is 0 Å². The van der Waals surface area contributed by atoms with Crippen molar-refractivity contribution in [3.8, 4) is 5.69 Å². The minimum absolute atomic E-state index is 0.0758. The number of carbonyl (C=O) groups excluding carboxylic acids is 1. The molecule has 0 spiro atoms. The highest BCUT2D eigenvalue weighted by atomic mass is 16.6. The number of aromatic nitrogens is 4. The van der Waals surface area contributed by atoms with Crippen molar-refractivity contribution < 1.29 is 9.72 Å². The Hall–Kier alpha value is -4.54. The maximum Gasteiger partial charge on any atom is 0.329 e. The third-order valence-corrected chi connectivity index (χ3v) is 4.60. The number of nitrogens with zero attached hydrogens (tertiary/aromatic N) is 4. The Balaban J connectivity index is 1.62. The summed E-state index contributed by atoms with van der Waals surface area (Å²) in [7, 11) is 0. The van der Waals surface area contributed by atoms with E-state index in [2.05, 4.69) is 15.4 Å². The van der Waals surface area contributed by atoms with Crippen LogP contribution in [0.5, 0.6) is 0 Å². The van der Waals surface area contributed by atoms with Gasteiger partial charge in [-0.25, -0.2) is 9.48 Å². The van der Waals surface area contributed by atoms with Crippen molar-refractivity contribution in [1.82, 2.24) is 19.3 Å². The van der Waals surface area contributed by atoms with Crippen molar-refractivity contribution in [2.24, 2.45) is 0 Å². The van der Waals surface area contributed by atoms with Gasteiger partial charge in [0.05, 0.1) is 27.2 Å². The molecule has 0 saturated carbocycles. The molecule has 0 radical (unpaired) electrons. The summed E-state index contributed by atoms with van der Waals surface area (Å²) >= 11 is 0. The summed E-state index contributed by atoms with van der Waals surface area (Å²) in [4.78, 5) is 50.4. The molecule has 2 aromatic heterocycles. The van der Waals surface area contributed by atoms with E-state index in [0.29, 0.717) is 28.1 Å². The van der Waals surface area contributed by atoms with Crippen LogP contribution in [-0.2, 0) is 11.3 Å². The highest BCUT2D eigenvalue weighted by Crippen LogP contribution is 2.20. The lowest BCUT2D eigenvalue weighted by Crippen LogP contribution is -2.38. The molecular formula is C20H16N6O5. The average Bonchev–Trinajstić information content (AvgIpc) is 3.11. The SMILES string of the molecule is Cc1cc(NC(=O)Cn2c(=O)[nH]c3ccccc3c2=O)n(-c2ccc([N+](=O)[O-])cc2)n1. The number of anilines is 1. The first kappa shape index (κ1) is 19.8. The van der Waals surface area contributed by atoms with Crippen molar-refractivity contribution in [3.63, 3.8) is 0 Å². The van der Waals surface area contributed by atoms with Crippen molar-refractivity contribution in [2.75, 3.05) is 5.32 Å². The molecule has 156 valence electrons. The molecule has 2 heterocycles. The Labute approximate surface area is 173 Å². The van der Waals surface area contributed by atoms with E-state index in [1.165, 1.54) is 28.9 Å². The maximum atomic E-state index is 12.6. The highest BCUT2D eigenvalue weighted by molar-refractivity contribution is 5.90. The molecule has 11 nitrogen and oxygen atoms in total. The number of aromatic amines is 1. The topological polar surface area (TPSA) is 145 Å². The van der Waals surface area contributed by atoms with Gasteiger partial charge >= 0.3 is 5.69 Å². The Morgan fingerprint density at radius 1 is 1.16 bits per heavy atom. The lowest BCUT2D eigenvalue weighted by Gasteiger charge is -2.10. The van der Waals surface area contributed by atoms with E-state index >= 15 is 0 Å². The zero-order valence-electron chi connectivity index (χ0n) is 16.2. The van der Waals surface area contributed by atoms with Crippen LogP contribution in [-0.4, -0.2) is 30.2 Å². The summed E-state index contributed by atoms with van der Waals surface area (Å²) in [5.74, 6) is -0.312. The van der Waals surface area contributed by atoms with Crippen LogP contribution in [0.3, 0.4) is 0 Å². The number of rotatable bonds is 5. The number of nitrogens with one attached hydrogen (secondary N) is 2. The van der Waals surface area contributed by atoms with Gasteiger partial charge in [0.15, 0.2) is 0 Å². The molecule has 31 heavy (non-hydrogen) atoms. The predicted molar refractivity (Wildman–Crippen MR) is 112 cm³/mol. The number of hydrogen-bond acceptors (Lipinski definition) is 6. The Morgan fingerprint density at radius 3 is 2.58 bits per heavy atom. The zero-order valence-corrected chi connectivity index (χ0v) is 16.2. The third-order valence-electron chi connectivity index (χ3n) is 4.60. The molecule has 0 saturated heterocycles. The third kappa shape index (κ3) is 3.83. The molecule has 0 fully saturated rings. The largest absolute Gasteiger partial charge is 0.329 e. The van der Waals surface area contributed by atoms with Crippen LogP contribution >= 0.6 is 0 Å². The van der Waals surface area contributed by atoms with Crippen molar-refractivity contribution >= 4 is 28.3 Å². The van der Waals surface area contributed by atoms with E-state index in [1.54, 1.807) is 37.3 Å². The van der Waals surface area contributed by atoms with Gasteiger partial charge in [-0.2, -0.15) is 5.10 Å². The van der Waals surface area contributed by atoms with Crippen molar-refractivity contribution in [3.05, 3.63) is 91.2 Å². The molecule has 1 amide bonds. The van der Waals surface area contributed by atoms with Gasteiger partial charge in [-0.3, -0.25) is 24.3 Å². The number of fused-ring (bicyclic) bond motifs is 1. The van der Waals surface area contributed by atoms with E-state index in [1.807, 2.05) is 0 Å². The first-order valence-corrected chi connectivity index (χ1v) is 9.17. The molecule has 0 bridgehead atoms. The molecule has 2 aromatic carbocycles. The van der Waals surface area contributed by atoms with Gasteiger partial charge in [0.2, 0.25) is 5.91 Å². The average molecular weight is 420 g/mol. The Bertz CT molecular complexity index is 1430. The van der Waals surface area contributed by atoms with Crippen LogP contribution in [0, 0.1) is 17.0 Å². The number of H-pyrrole nitrogens is 1. The molecule has 0 aliphatic carbocycles. The van der Waals surface area contributed by atoms with E-state index in [4.69, 9.17) is 0 Å². The van der Waals surface area contributed by atoms with Gasteiger partial charge in [0.1, 0.15) is 12.4 Å². The minimum Gasteiger partial charge on any atom is -0.309 e. The predicted octanol–water partition coefficient (Wildman–Crippen LogP) is 1.73. The normalized spacial score (nSPS) is 10.9. The fourth-order valence-electron chi connectivity index (χ4n) is 3.17. The van der Waals surface area contributed by atoms with Gasteiger partial charge in [0, 0.05) is 18.2 Å². The lowest BCUT2D eigenvalue weighted by molar-refractivity contribution is -0.384. The van der Waals surface area contributed by atoms with Gasteiger partial charge < -0.3 is 10.3 Å². The zero-order chi connectivity index (χ0) is 22.1. The smallest absolute Gasteiger partial charge is 0.309 e. The monoisotopic (exact) mass is 420 g/mol. The number of aryl methyl sites for hydroxylation is 1. The summed E-state index contributed by atoms with van der Waals surface area (Å²) in [6, 6.07) is 13.8. The number of non-ortho nitro benzene ring substituents is 1. The summed E-state index contributed by atoms with van der Waals surface area (Å²) in [5, 5.41) is 18.1. The standard InChI is InChI=1S/C20H16N6O5/c1-12-10-17(25(23-12)13-6-8-14(9-7-13)26(30)31)22-18(27)11-24-19(28)15-4-2-3-5-16(15)21-20(24)29/h2-10H,11H2,1H3,(H,21,29)(H,22,27). The first-order chi connectivity index (χ1) is 14.8.